The number of ketones is 2. The van der Waals surface area contributed by atoms with Crippen molar-refractivity contribution in [2.45, 2.75) is 58.8 Å². The SMILES string of the molecule is CC(=O)CN(C)C(=O)OCc1cccc2nnc([C@@H](COCc3ccccc3C)CC(=O)C(C)(C)N)n12. The smallest absolute Gasteiger partial charge is 0.410 e. The number of aryl methyl sites for hydroxylation is 1. The molecular formula is C27H35N5O5. The molecule has 0 unspecified atom stereocenters. The zero-order valence-electron chi connectivity index (χ0n) is 22.1. The van der Waals surface area contributed by atoms with Gasteiger partial charge in [0.25, 0.3) is 0 Å². The summed E-state index contributed by atoms with van der Waals surface area (Å²) in [6, 6.07) is 13.3. The van der Waals surface area contributed by atoms with E-state index in [1.807, 2.05) is 31.2 Å². The lowest BCUT2D eigenvalue weighted by Gasteiger charge is -2.22. The molecule has 10 heteroatoms. The number of fused-ring (bicyclic) bond motifs is 1. The van der Waals surface area contributed by atoms with Gasteiger partial charge in [0.2, 0.25) is 0 Å². The Morgan fingerprint density at radius 2 is 1.81 bits per heavy atom. The van der Waals surface area contributed by atoms with Gasteiger partial charge in [-0.05, 0) is 51.0 Å². The van der Waals surface area contributed by atoms with Crippen LogP contribution >= 0.6 is 0 Å². The van der Waals surface area contributed by atoms with Gasteiger partial charge in [0, 0.05) is 19.4 Å². The molecule has 0 aliphatic heterocycles. The zero-order valence-corrected chi connectivity index (χ0v) is 22.1. The maximum atomic E-state index is 12.9. The number of pyridine rings is 1. The molecule has 10 nitrogen and oxygen atoms in total. The molecule has 0 spiro atoms. The molecule has 0 aliphatic carbocycles. The third-order valence-corrected chi connectivity index (χ3v) is 6.00. The fourth-order valence-corrected chi connectivity index (χ4v) is 3.85. The third-order valence-electron chi connectivity index (χ3n) is 6.00. The quantitative estimate of drug-likeness (QED) is 0.394. The van der Waals surface area contributed by atoms with Crippen LogP contribution in [-0.4, -0.2) is 62.9 Å². The Kier molecular flexibility index (Phi) is 9.12. The number of likely N-dealkylation sites (N-methyl/N-ethyl adjacent to an activating group) is 1. The Hall–Kier alpha value is -3.63. The summed E-state index contributed by atoms with van der Waals surface area (Å²) in [5.41, 5.74) is 8.40. The van der Waals surface area contributed by atoms with E-state index in [0.29, 0.717) is 23.8 Å². The summed E-state index contributed by atoms with van der Waals surface area (Å²) >= 11 is 0. The van der Waals surface area contributed by atoms with E-state index in [1.165, 1.54) is 18.9 Å². The predicted molar refractivity (Wildman–Crippen MR) is 138 cm³/mol. The second-order valence-corrected chi connectivity index (χ2v) is 9.87. The monoisotopic (exact) mass is 509 g/mol. The number of hydrogen-bond acceptors (Lipinski definition) is 8. The lowest BCUT2D eigenvalue weighted by atomic mass is 9.91. The highest BCUT2D eigenvalue weighted by molar-refractivity contribution is 5.87. The van der Waals surface area contributed by atoms with E-state index in [-0.39, 0.29) is 37.7 Å². The van der Waals surface area contributed by atoms with E-state index in [1.54, 1.807) is 36.4 Å². The number of nitrogens with zero attached hydrogens (tertiary/aromatic N) is 4. The number of rotatable bonds is 12. The predicted octanol–water partition coefficient (Wildman–Crippen LogP) is 3.19. The van der Waals surface area contributed by atoms with Crippen LogP contribution in [0.5, 0.6) is 0 Å². The molecule has 2 aromatic heterocycles. The first-order chi connectivity index (χ1) is 17.5. The first kappa shape index (κ1) is 27.9. The van der Waals surface area contributed by atoms with Crippen LogP contribution in [0.2, 0.25) is 0 Å². The van der Waals surface area contributed by atoms with Gasteiger partial charge in [-0.1, -0.05) is 30.3 Å². The fourth-order valence-electron chi connectivity index (χ4n) is 3.85. The number of hydrogen-bond donors (Lipinski definition) is 1. The molecule has 0 fully saturated rings. The average molecular weight is 510 g/mol. The number of nitrogens with two attached hydrogens (primary N) is 1. The van der Waals surface area contributed by atoms with E-state index < -0.39 is 17.6 Å². The van der Waals surface area contributed by atoms with Crippen molar-refractivity contribution in [1.82, 2.24) is 19.5 Å². The number of aromatic nitrogens is 3. The molecule has 3 aromatic rings. The molecule has 1 amide bonds. The number of carbonyl (C=O) groups is 3. The van der Waals surface area contributed by atoms with E-state index in [4.69, 9.17) is 15.2 Å². The summed E-state index contributed by atoms with van der Waals surface area (Å²) in [7, 11) is 1.50. The van der Waals surface area contributed by atoms with Gasteiger partial charge in [-0.15, -0.1) is 10.2 Å². The molecule has 1 atom stereocenters. The van der Waals surface area contributed by atoms with Crippen LogP contribution in [0.15, 0.2) is 42.5 Å². The Morgan fingerprint density at radius 1 is 1.08 bits per heavy atom. The van der Waals surface area contributed by atoms with Crippen LogP contribution < -0.4 is 5.73 Å². The van der Waals surface area contributed by atoms with Crippen LogP contribution in [0.3, 0.4) is 0 Å². The van der Waals surface area contributed by atoms with Crippen LogP contribution in [0.25, 0.3) is 5.65 Å². The molecule has 37 heavy (non-hydrogen) atoms. The summed E-state index contributed by atoms with van der Waals surface area (Å²) in [6.45, 7) is 7.24. The first-order valence-electron chi connectivity index (χ1n) is 12.1. The Balaban J connectivity index is 1.86. The van der Waals surface area contributed by atoms with E-state index >= 15 is 0 Å². The molecule has 2 heterocycles. The summed E-state index contributed by atoms with van der Waals surface area (Å²) in [4.78, 5) is 37.8. The number of amides is 1. The third kappa shape index (κ3) is 7.43. The molecule has 0 radical (unpaired) electrons. The Labute approximate surface area is 216 Å². The van der Waals surface area contributed by atoms with Gasteiger partial charge in [0.1, 0.15) is 18.2 Å². The van der Waals surface area contributed by atoms with Crippen LogP contribution in [-0.2, 0) is 32.3 Å². The molecule has 2 N–H and O–H groups in total. The minimum Gasteiger partial charge on any atom is -0.443 e. The molecule has 0 bridgehead atoms. The highest BCUT2D eigenvalue weighted by atomic mass is 16.6. The minimum absolute atomic E-state index is 0.0435. The average Bonchev–Trinajstić information content (AvgIpc) is 3.26. The van der Waals surface area contributed by atoms with Crippen molar-refractivity contribution in [1.29, 1.82) is 0 Å². The van der Waals surface area contributed by atoms with Gasteiger partial charge in [-0.2, -0.15) is 0 Å². The lowest BCUT2D eigenvalue weighted by Crippen LogP contribution is -2.42. The Morgan fingerprint density at radius 3 is 2.49 bits per heavy atom. The largest absolute Gasteiger partial charge is 0.443 e. The maximum absolute atomic E-state index is 12.9. The standard InChI is InChI=1S/C27H35N5O5/c1-18-9-6-7-10-20(18)15-36-16-21(13-23(34)27(3,4)28)25-30-29-24-12-8-11-22(32(24)25)17-37-26(35)31(5)14-19(2)33/h6-12,21H,13-17,28H2,1-5H3/t21-/m1/s1. The highest BCUT2D eigenvalue weighted by Gasteiger charge is 2.29. The van der Waals surface area contributed by atoms with Gasteiger partial charge in [-0.3, -0.25) is 14.0 Å². The number of ether oxygens (including phenoxy) is 2. The second-order valence-electron chi connectivity index (χ2n) is 9.87. The van der Waals surface area contributed by atoms with Crippen molar-refractivity contribution in [3.63, 3.8) is 0 Å². The van der Waals surface area contributed by atoms with E-state index in [0.717, 1.165) is 11.1 Å². The van der Waals surface area contributed by atoms with Crippen LogP contribution in [0.4, 0.5) is 4.79 Å². The highest BCUT2D eigenvalue weighted by Crippen LogP contribution is 2.24. The summed E-state index contributed by atoms with van der Waals surface area (Å²) in [5.74, 6) is -0.208. The van der Waals surface area contributed by atoms with Crippen molar-refractivity contribution in [2.24, 2.45) is 5.73 Å². The van der Waals surface area contributed by atoms with Crippen LogP contribution in [0.1, 0.15) is 55.8 Å². The number of benzene rings is 1. The van der Waals surface area contributed by atoms with Crippen LogP contribution in [0, 0.1) is 6.92 Å². The van der Waals surface area contributed by atoms with Gasteiger partial charge in [0.05, 0.1) is 31.0 Å². The molecule has 0 aliphatic rings. The lowest BCUT2D eigenvalue weighted by molar-refractivity contribution is -0.124. The fraction of sp³-hybridized carbons (Fsp3) is 0.444. The van der Waals surface area contributed by atoms with Crippen molar-refractivity contribution in [2.75, 3.05) is 20.2 Å². The van der Waals surface area contributed by atoms with Gasteiger partial charge in [-0.25, -0.2) is 4.79 Å². The molecule has 0 saturated heterocycles. The van der Waals surface area contributed by atoms with Crippen molar-refractivity contribution < 1.29 is 23.9 Å². The normalized spacial score (nSPS) is 12.4. The summed E-state index contributed by atoms with van der Waals surface area (Å²) in [6.07, 6.45) is -0.520. The van der Waals surface area contributed by atoms with E-state index in [9.17, 15) is 14.4 Å². The summed E-state index contributed by atoms with van der Waals surface area (Å²) < 4.78 is 13.3. The molecule has 198 valence electrons. The molecule has 1 aromatic carbocycles. The van der Waals surface area contributed by atoms with E-state index in [2.05, 4.69) is 10.2 Å². The molecule has 3 rings (SSSR count). The number of carbonyl (C=O) groups excluding carboxylic acids is 3. The zero-order chi connectivity index (χ0) is 27.2. The van der Waals surface area contributed by atoms with Gasteiger partial charge in [0.15, 0.2) is 11.4 Å². The van der Waals surface area contributed by atoms with Crippen molar-refractivity contribution >= 4 is 23.3 Å². The second kappa shape index (κ2) is 12.1. The summed E-state index contributed by atoms with van der Waals surface area (Å²) in [5, 5.41) is 8.65. The Bertz CT molecular complexity index is 1260. The maximum Gasteiger partial charge on any atom is 0.410 e. The number of Topliss-reactive ketones (excluding diaryl/α,β-unsaturated/α-hetero) is 2. The minimum atomic E-state index is -1.02. The van der Waals surface area contributed by atoms with Gasteiger partial charge >= 0.3 is 6.09 Å². The van der Waals surface area contributed by atoms with Crippen molar-refractivity contribution in [3.05, 3.63) is 65.1 Å². The molecule has 0 saturated carbocycles. The molecular weight excluding hydrogens is 474 g/mol. The topological polar surface area (TPSA) is 129 Å². The van der Waals surface area contributed by atoms with Gasteiger partial charge < -0.3 is 20.1 Å². The van der Waals surface area contributed by atoms with Crippen molar-refractivity contribution in [3.8, 4) is 0 Å². The first-order valence-corrected chi connectivity index (χ1v) is 12.1.